The summed E-state index contributed by atoms with van der Waals surface area (Å²) in [6.45, 7) is 5.97. The Morgan fingerprint density at radius 3 is 2.12 bits per heavy atom. The fourth-order valence-electron chi connectivity index (χ4n) is 2.55. The molecule has 26 heavy (non-hydrogen) atoms. The van der Waals surface area contributed by atoms with Crippen LogP contribution in [0.25, 0.3) is 0 Å². The second kappa shape index (κ2) is 9.46. The smallest absolute Gasteiger partial charge is 0.251 e. The number of ether oxygens (including phenoxy) is 1. The average Bonchev–Trinajstić information content (AvgIpc) is 2.68. The molecule has 0 aromatic heterocycles. The third kappa shape index (κ3) is 5.24. The topological polar surface area (TPSA) is 70.7 Å². The summed E-state index contributed by atoms with van der Waals surface area (Å²) < 4.78 is 5.05. The van der Waals surface area contributed by atoms with E-state index in [2.05, 4.69) is 29.4 Å². The molecule has 2 aromatic rings. The Morgan fingerprint density at radius 1 is 0.962 bits per heavy atom. The van der Waals surface area contributed by atoms with Crippen molar-refractivity contribution in [1.29, 1.82) is 0 Å². The third-order valence-corrected chi connectivity index (χ3v) is 4.04. The largest absolute Gasteiger partial charge is 0.497 e. The molecule has 0 radical (unpaired) electrons. The summed E-state index contributed by atoms with van der Waals surface area (Å²) in [4.78, 5) is 26.3. The van der Waals surface area contributed by atoms with E-state index >= 15 is 0 Å². The summed E-state index contributed by atoms with van der Waals surface area (Å²) in [6, 6.07) is 14.4. The number of anilines is 2. The minimum absolute atomic E-state index is 0.0946. The minimum atomic E-state index is -0.306. The summed E-state index contributed by atoms with van der Waals surface area (Å²) >= 11 is 0. The number of amides is 2. The van der Waals surface area contributed by atoms with Gasteiger partial charge >= 0.3 is 0 Å². The van der Waals surface area contributed by atoms with Crippen LogP contribution in [0.1, 0.15) is 24.2 Å². The molecule has 6 nitrogen and oxygen atoms in total. The summed E-state index contributed by atoms with van der Waals surface area (Å²) in [5.41, 5.74) is 2.28. The van der Waals surface area contributed by atoms with Gasteiger partial charge in [0.25, 0.3) is 5.91 Å². The molecule has 2 amide bonds. The van der Waals surface area contributed by atoms with Crippen molar-refractivity contribution in [2.24, 2.45) is 0 Å². The van der Waals surface area contributed by atoms with E-state index in [0.29, 0.717) is 17.0 Å². The van der Waals surface area contributed by atoms with Gasteiger partial charge < -0.3 is 20.3 Å². The predicted molar refractivity (Wildman–Crippen MR) is 104 cm³/mol. The molecule has 2 rings (SSSR count). The lowest BCUT2D eigenvalue weighted by atomic mass is 10.2. The van der Waals surface area contributed by atoms with Crippen LogP contribution in [0, 0.1) is 0 Å². The second-order valence-electron chi connectivity index (χ2n) is 5.68. The van der Waals surface area contributed by atoms with Crippen LogP contribution in [0.15, 0.2) is 48.5 Å². The van der Waals surface area contributed by atoms with E-state index in [4.69, 9.17) is 4.74 Å². The lowest BCUT2D eigenvalue weighted by molar-refractivity contribution is -0.115. The van der Waals surface area contributed by atoms with E-state index < -0.39 is 0 Å². The molecule has 0 bridgehead atoms. The zero-order chi connectivity index (χ0) is 18.9. The van der Waals surface area contributed by atoms with E-state index in [-0.39, 0.29) is 18.4 Å². The van der Waals surface area contributed by atoms with Crippen molar-refractivity contribution >= 4 is 23.2 Å². The van der Waals surface area contributed by atoms with E-state index in [1.165, 1.54) is 0 Å². The van der Waals surface area contributed by atoms with Crippen molar-refractivity contribution in [2.45, 2.75) is 13.8 Å². The van der Waals surface area contributed by atoms with Crippen LogP contribution in [-0.2, 0) is 4.79 Å². The van der Waals surface area contributed by atoms with Crippen molar-refractivity contribution < 1.29 is 14.3 Å². The third-order valence-electron chi connectivity index (χ3n) is 4.04. The van der Waals surface area contributed by atoms with Crippen LogP contribution in [0.5, 0.6) is 5.75 Å². The number of hydrogen-bond acceptors (Lipinski definition) is 4. The molecular formula is C20H25N3O3. The van der Waals surface area contributed by atoms with Gasteiger partial charge in [-0.05, 0) is 62.4 Å². The normalized spacial score (nSPS) is 10.1. The highest BCUT2D eigenvalue weighted by Crippen LogP contribution is 2.17. The summed E-state index contributed by atoms with van der Waals surface area (Å²) in [5, 5.41) is 5.38. The maximum absolute atomic E-state index is 12.0. The molecule has 0 spiro atoms. The second-order valence-corrected chi connectivity index (χ2v) is 5.68. The molecule has 2 N–H and O–H groups in total. The number of methoxy groups -OCH3 is 1. The maximum atomic E-state index is 12.0. The van der Waals surface area contributed by atoms with Crippen molar-refractivity contribution in [2.75, 3.05) is 37.0 Å². The summed E-state index contributed by atoms with van der Waals surface area (Å²) in [5.74, 6) is 0.0922. The SMILES string of the molecule is CCN(CC)c1ccc(NC(=O)CNC(=O)c2ccc(OC)cc2)cc1. The Bertz CT molecular complexity index is 723. The van der Waals surface area contributed by atoms with Gasteiger partial charge in [0.2, 0.25) is 5.91 Å². The molecule has 0 aliphatic heterocycles. The summed E-state index contributed by atoms with van der Waals surface area (Å²) in [6.07, 6.45) is 0. The van der Waals surface area contributed by atoms with Crippen LogP contribution >= 0.6 is 0 Å². The molecule has 0 atom stereocenters. The Morgan fingerprint density at radius 2 is 1.58 bits per heavy atom. The number of carbonyl (C=O) groups is 2. The quantitative estimate of drug-likeness (QED) is 0.764. The Labute approximate surface area is 154 Å². The minimum Gasteiger partial charge on any atom is -0.497 e. The molecule has 138 valence electrons. The Kier molecular flexibility index (Phi) is 7.02. The van der Waals surface area contributed by atoms with E-state index in [1.54, 1.807) is 31.4 Å². The highest BCUT2D eigenvalue weighted by Gasteiger charge is 2.09. The number of nitrogens with one attached hydrogen (secondary N) is 2. The van der Waals surface area contributed by atoms with Crippen molar-refractivity contribution in [3.63, 3.8) is 0 Å². The van der Waals surface area contributed by atoms with Crippen LogP contribution in [0.2, 0.25) is 0 Å². The number of benzene rings is 2. The van der Waals surface area contributed by atoms with Gasteiger partial charge in [0.15, 0.2) is 0 Å². The molecule has 0 saturated carbocycles. The van der Waals surface area contributed by atoms with Crippen LogP contribution in [0.3, 0.4) is 0 Å². The molecule has 2 aromatic carbocycles. The van der Waals surface area contributed by atoms with Gasteiger partial charge in [0, 0.05) is 30.0 Å². The monoisotopic (exact) mass is 355 g/mol. The number of nitrogens with zero attached hydrogens (tertiary/aromatic N) is 1. The zero-order valence-electron chi connectivity index (χ0n) is 15.4. The highest BCUT2D eigenvalue weighted by atomic mass is 16.5. The average molecular weight is 355 g/mol. The Hall–Kier alpha value is -3.02. The van der Waals surface area contributed by atoms with Crippen molar-refractivity contribution in [1.82, 2.24) is 5.32 Å². The number of rotatable bonds is 8. The van der Waals surface area contributed by atoms with Crippen molar-refractivity contribution in [3.8, 4) is 5.75 Å². The summed E-state index contributed by atoms with van der Waals surface area (Å²) in [7, 11) is 1.56. The predicted octanol–water partition coefficient (Wildman–Crippen LogP) is 2.91. The van der Waals surface area contributed by atoms with Gasteiger partial charge in [0.1, 0.15) is 5.75 Å². The Balaban J connectivity index is 1.85. The van der Waals surface area contributed by atoms with Gasteiger partial charge in [-0.25, -0.2) is 0 Å². The van der Waals surface area contributed by atoms with E-state index in [0.717, 1.165) is 18.8 Å². The highest BCUT2D eigenvalue weighted by molar-refractivity contribution is 5.99. The van der Waals surface area contributed by atoms with Gasteiger partial charge in [-0.15, -0.1) is 0 Å². The van der Waals surface area contributed by atoms with E-state index in [9.17, 15) is 9.59 Å². The standard InChI is InChI=1S/C20H25N3O3/c1-4-23(5-2)17-10-8-16(9-11-17)22-19(24)14-21-20(25)15-6-12-18(26-3)13-7-15/h6-13H,4-5,14H2,1-3H3,(H,21,25)(H,22,24). The molecule has 0 heterocycles. The lowest BCUT2D eigenvalue weighted by Crippen LogP contribution is -2.32. The van der Waals surface area contributed by atoms with Gasteiger partial charge in [-0.2, -0.15) is 0 Å². The van der Waals surface area contributed by atoms with Crippen molar-refractivity contribution in [3.05, 3.63) is 54.1 Å². The molecule has 6 heteroatoms. The van der Waals surface area contributed by atoms with Crippen LogP contribution in [0.4, 0.5) is 11.4 Å². The van der Waals surface area contributed by atoms with Gasteiger partial charge in [-0.3, -0.25) is 9.59 Å². The first-order chi connectivity index (χ1) is 12.6. The first-order valence-electron chi connectivity index (χ1n) is 8.64. The van der Waals surface area contributed by atoms with E-state index in [1.807, 2.05) is 24.3 Å². The van der Waals surface area contributed by atoms with Crippen LogP contribution in [-0.4, -0.2) is 38.6 Å². The molecular weight excluding hydrogens is 330 g/mol. The first kappa shape index (κ1) is 19.3. The first-order valence-corrected chi connectivity index (χ1v) is 8.64. The fourth-order valence-corrected chi connectivity index (χ4v) is 2.55. The molecule has 0 unspecified atom stereocenters. The molecule has 0 aliphatic rings. The number of hydrogen-bond donors (Lipinski definition) is 2. The van der Waals surface area contributed by atoms with Crippen LogP contribution < -0.4 is 20.3 Å². The number of carbonyl (C=O) groups excluding carboxylic acids is 2. The molecule has 0 saturated heterocycles. The molecule has 0 fully saturated rings. The lowest BCUT2D eigenvalue weighted by Gasteiger charge is -2.21. The van der Waals surface area contributed by atoms with Gasteiger partial charge in [0.05, 0.1) is 13.7 Å². The van der Waals surface area contributed by atoms with Gasteiger partial charge in [-0.1, -0.05) is 0 Å². The zero-order valence-corrected chi connectivity index (χ0v) is 15.4. The maximum Gasteiger partial charge on any atom is 0.251 e. The molecule has 0 aliphatic carbocycles. The fraction of sp³-hybridized carbons (Fsp3) is 0.300.